The van der Waals surface area contributed by atoms with Crippen LogP contribution in [0.3, 0.4) is 0 Å². The van der Waals surface area contributed by atoms with E-state index in [1.165, 1.54) is 18.2 Å². The quantitative estimate of drug-likeness (QED) is 0.397. The van der Waals surface area contributed by atoms with E-state index in [0.29, 0.717) is 24.5 Å². The number of rotatable bonds is 8. The fourth-order valence-corrected chi connectivity index (χ4v) is 2.36. The van der Waals surface area contributed by atoms with Gasteiger partial charge in [-0.15, -0.1) is 0 Å². The van der Waals surface area contributed by atoms with E-state index in [-0.39, 0.29) is 23.0 Å². The zero-order valence-electron chi connectivity index (χ0n) is 15.2. The minimum atomic E-state index is -4.80. The van der Waals surface area contributed by atoms with Gasteiger partial charge in [-0.05, 0) is 30.2 Å². The van der Waals surface area contributed by atoms with Gasteiger partial charge in [0.15, 0.2) is 11.5 Å². The molecule has 0 amide bonds. The van der Waals surface area contributed by atoms with Gasteiger partial charge < -0.3 is 9.47 Å². The summed E-state index contributed by atoms with van der Waals surface area (Å²) < 4.78 is 76.3. The molecule has 0 fully saturated rings. The number of aldehydes is 1. The van der Waals surface area contributed by atoms with Crippen molar-refractivity contribution >= 4 is 6.29 Å². The van der Waals surface area contributed by atoms with Crippen LogP contribution in [0, 0.1) is 5.92 Å². The Morgan fingerprint density at radius 3 is 2.29 bits per heavy atom. The summed E-state index contributed by atoms with van der Waals surface area (Å²) in [7, 11) is 0. The normalized spacial score (nSPS) is 11.8. The highest BCUT2D eigenvalue weighted by Gasteiger charge is 2.34. The molecule has 3 nitrogen and oxygen atoms in total. The summed E-state index contributed by atoms with van der Waals surface area (Å²) in [6.07, 6.45) is -7.21. The largest absolute Gasteiger partial charge is 0.489 e. The Morgan fingerprint density at radius 1 is 1.00 bits per heavy atom. The van der Waals surface area contributed by atoms with Crippen LogP contribution < -0.4 is 9.47 Å². The summed E-state index contributed by atoms with van der Waals surface area (Å²) >= 11 is 0. The number of alkyl halides is 5. The first kappa shape index (κ1) is 21.7. The van der Waals surface area contributed by atoms with Crippen LogP contribution in [-0.2, 0) is 12.8 Å². The third kappa shape index (κ3) is 5.68. The van der Waals surface area contributed by atoms with E-state index in [4.69, 9.17) is 9.47 Å². The monoisotopic (exact) mass is 402 g/mol. The molecule has 0 spiro atoms. The Kier molecular flexibility index (Phi) is 6.99. The lowest BCUT2D eigenvalue weighted by Crippen LogP contribution is -2.12. The highest BCUT2D eigenvalue weighted by atomic mass is 19.4. The van der Waals surface area contributed by atoms with Crippen molar-refractivity contribution in [1.82, 2.24) is 0 Å². The molecule has 0 saturated heterocycles. The SMILES string of the molecule is CC(C)COc1cc(C=O)ccc1OCc1ccc(C(F)F)cc1C(F)(F)F. The molecule has 2 rings (SSSR count). The molecule has 0 aliphatic carbocycles. The van der Waals surface area contributed by atoms with Gasteiger partial charge in [0.2, 0.25) is 0 Å². The van der Waals surface area contributed by atoms with Gasteiger partial charge in [-0.3, -0.25) is 4.79 Å². The first-order valence-electron chi connectivity index (χ1n) is 8.44. The molecule has 0 saturated carbocycles. The van der Waals surface area contributed by atoms with Gasteiger partial charge >= 0.3 is 6.18 Å². The smallest absolute Gasteiger partial charge is 0.416 e. The number of ether oxygens (including phenoxy) is 2. The van der Waals surface area contributed by atoms with Crippen molar-refractivity contribution < 1.29 is 36.2 Å². The molecule has 2 aromatic carbocycles. The topological polar surface area (TPSA) is 35.5 Å². The van der Waals surface area contributed by atoms with Crippen LogP contribution in [0.15, 0.2) is 36.4 Å². The van der Waals surface area contributed by atoms with Crippen molar-refractivity contribution in [2.45, 2.75) is 33.1 Å². The van der Waals surface area contributed by atoms with Crippen molar-refractivity contribution in [3.8, 4) is 11.5 Å². The van der Waals surface area contributed by atoms with Crippen LogP contribution >= 0.6 is 0 Å². The second-order valence-electron chi connectivity index (χ2n) is 6.53. The fourth-order valence-electron chi connectivity index (χ4n) is 2.36. The maximum Gasteiger partial charge on any atom is 0.416 e. The molecular formula is C20H19F5O3. The van der Waals surface area contributed by atoms with E-state index < -0.39 is 30.3 Å². The number of halogens is 5. The maximum absolute atomic E-state index is 13.2. The molecule has 0 aliphatic rings. The van der Waals surface area contributed by atoms with E-state index >= 15 is 0 Å². The molecule has 0 heterocycles. The third-order valence-electron chi connectivity index (χ3n) is 3.75. The van der Waals surface area contributed by atoms with Crippen molar-refractivity contribution in [2.24, 2.45) is 5.92 Å². The van der Waals surface area contributed by atoms with Crippen molar-refractivity contribution in [3.63, 3.8) is 0 Å². The predicted octanol–water partition coefficient (Wildman–Crippen LogP) is 6.07. The van der Waals surface area contributed by atoms with E-state index in [0.717, 1.165) is 12.1 Å². The average Bonchev–Trinajstić information content (AvgIpc) is 2.63. The van der Waals surface area contributed by atoms with E-state index in [1.807, 2.05) is 13.8 Å². The molecular weight excluding hydrogens is 383 g/mol. The highest BCUT2D eigenvalue weighted by Crippen LogP contribution is 2.36. The third-order valence-corrected chi connectivity index (χ3v) is 3.75. The summed E-state index contributed by atoms with van der Waals surface area (Å²) in [5, 5.41) is 0. The van der Waals surface area contributed by atoms with Gasteiger partial charge in [-0.1, -0.05) is 26.0 Å². The standard InChI is InChI=1S/C20H19F5O3/c1-12(2)10-27-18-7-13(9-26)3-6-17(18)28-11-15-5-4-14(19(21)22)8-16(15)20(23,24)25/h3-9,12,19H,10-11H2,1-2H3. The van der Waals surface area contributed by atoms with Gasteiger partial charge in [0.05, 0.1) is 12.2 Å². The Morgan fingerprint density at radius 2 is 1.71 bits per heavy atom. The van der Waals surface area contributed by atoms with Crippen LogP contribution in [0.2, 0.25) is 0 Å². The van der Waals surface area contributed by atoms with Crippen LogP contribution in [0.25, 0.3) is 0 Å². The lowest BCUT2D eigenvalue weighted by molar-refractivity contribution is -0.138. The van der Waals surface area contributed by atoms with Gasteiger partial charge in [-0.2, -0.15) is 13.2 Å². The molecule has 152 valence electrons. The molecule has 8 heteroatoms. The highest BCUT2D eigenvalue weighted by molar-refractivity contribution is 5.76. The number of benzene rings is 2. The first-order chi connectivity index (χ1) is 13.1. The molecule has 0 aromatic heterocycles. The Labute approximate surface area is 159 Å². The van der Waals surface area contributed by atoms with Gasteiger partial charge in [0.1, 0.15) is 12.9 Å². The lowest BCUT2D eigenvalue weighted by atomic mass is 10.0. The molecule has 0 aliphatic heterocycles. The fraction of sp³-hybridized carbons (Fsp3) is 0.350. The van der Waals surface area contributed by atoms with Crippen LogP contribution in [0.4, 0.5) is 22.0 Å². The zero-order valence-corrected chi connectivity index (χ0v) is 15.2. The van der Waals surface area contributed by atoms with Gasteiger partial charge in [0.25, 0.3) is 6.43 Å². The first-order valence-corrected chi connectivity index (χ1v) is 8.44. The molecule has 0 N–H and O–H groups in total. The number of hydrogen-bond donors (Lipinski definition) is 0. The van der Waals surface area contributed by atoms with Crippen LogP contribution in [-0.4, -0.2) is 12.9 Å². The van der Waals surface area contributed by atoms with Crippen LogP contribution in [0.1, 0.15) is 47.3 Å². The second-order valence-corrected chi connectivity index (χ2v) is 6.53. The Balaban J connectivity index is 2.29. The predicted molar refractivity (Wildman–Crippen MR) is 92.9 cm³/mol. The minimum Gasteiger partial charge on any atom is -0.489 e. The summed E-state index contributed by atoms with van der Waals surface area (Å²) in [5.74, 6) is 0.542. The average molecular weight is 402 g/mol. The summed E-state index contributed by atoms with van der Waals surface area (Å²) in [4.78, 5) is 10.9. The van der Waals surface area contributed by atoms with Crippen molar-refractivity contribution in [2.75, 3.05) is 6.61 Å². The van der Waals surface area contributed by atoms with Crippen molar-refractivity contribution in [1.29, 1.82) is 0 Å². The summed E-state index contributed by atoms with van der Waals surface area (Å²) in [6, 6.07) is 6.61. The van der Waals surface area contributed by atoms with Crippen LogP contribution in [0.5, 0.6) is 11.5 Å². The molecule has 28 heavy (non-hydrogen) atoms. The second kappa shape index (κ2) is 9.03. The minimum absolute atomic E-state index is 0.150. The number of hydrogen-bond acceptors (Lipinski definition) is 3. The summed E-state index contributed by atoms with van der Waals surface area (Å²) in [6.45, 7) is 3.63. The molecule has 0 atom stereocenters. The summed E-state index contributed by atoms with van der Waals surface area (Å²) in [5.41, 5.74) is -1.86. The lowest BCUT2D eigenvalue weighted by Gasteiger charge is -2.17. The van der Waals surface area contributed by atoms with Gasteiger partial charge in [0, 0.05) is 16.7 Å². The van der Waals surface area contributed by atoms with Crippen molar-refractivity contribution in [3.05, 3.63) is 58.7 Å². The zero-order chi connectivity index (χ0) is 20.9. The molecule has 0 unspecified atom stereocenters. The number of carbonyl (C=O) groups is 1. The molecule has 2 aromatic rings. The van der Waals surface area contributed by atoms with Gasteiger partial charge in [-0.25, -0.2) is 8.78 Å². The molecule has 0 bridgehead atoms. The maximum atomic E-state index is 13.2. The van der Waals surface area contributed by atoms with E-state index in [9.17, 15) is 26.7 Å². The number of carbonyl (C=O) groups excluding carboxylic acids is 1. The van der Waals surface area contributed by atoms with E-state index in [2.05, 4.69) is 0 Å². The molecule has 0 radical (unpaired) electrons. The Bertz CT molecular complexity index is 816. The Hall–Kier alpha value is -2.64. The van der Waals surface area contributed by atoms with E-state index in [1.54, 1.807) is 0 Å².